The van der Waals surface area contributed by atoms with E-state index < -0.39 is 17.8 Å². The molecule has 0 aliphatic rings. The number of hydrogen-bond donors (Lipinski definition) is 2. The van der Waals surface area contributed by atoms with Gasteiger partial charge in [0.05, 0.1) is 17.1 Å². The number of para-hydroxylation sites is 1. The van der Waals surface area contributed by atoms with Crippen LogP contribution >= 0.6 is 11.6 Å². The number of nitrogens with zero attached hydrogens (tertiary/aromatic N) is 1. The molecule has 1 aromatic carbocycles. The van der Waals surface area contributed by atoms with Gasteiger partial charge in [0.1, 0.15) is 5.82 Å². The molecule has 1 aromatic rings. The molecule has 5 nitrogen and oxygen atoms in total. The van der Waals surface area contributed by atoms with Crippen LogP contribution in [0.5, 0.6) is 0 Å². The standard InChI is InChI=1S/C12H14ClFN2O3/c1-2-16(7-6-10(17)18)12(19)15-11-8(13)4-3-5-9(11)14/h3-5H,2,6-7H2,1H3,(H,15,19)(H,17,18). The number of rotatable bonds is 5. The number of benzene rings is 1. The summed E-state index contributed by atoms with van der Waals surface area (Å²) in [5, 5.41) is 11.0. The minimum Gasteiger partial charge on any atom is -0.481 e. The predicted molar refractivity (Wildman–Crippen MR) is 69.9 cm³/mol. The topological polar surface area (TPSA) is 69.6 Å². The molecule has 0 atom stereocenters. The second-order valence-electron chi connectivity index (χ2n) is 3.75. The van der Waals surface area contributed by atoms with Crippen molar-refractivity contribution in [2.24, 2.45) is 0 Å². The van der Waals surface area contributed by atoms with Gasteiger partial charge in [0.2, 0.25) is 0 Å². The molecule has 0 spiro atoms. The summed E-state index contributed by atoms with van der Waals surface area (Å²) in [6.07, 6.45) is -0.174. The van der Waals surface area contributed by atoms with Crippen molar-refractivity contribution >= 4 is 29.3 Å². The van der Waals surface area contributed by atoms with E-state index in [1.807, 2.05) is 0 Å². The van der Waals surface area contributed by atoms with Crippen molar-refractivity contribution < 1.29 is 19.1 Å². The van der Waals surface area contributed by atoms with E-state index in [0.29, 0.717) is 6.54 Å². The minimum atomic E-state index is -1.00. The first-order valence-electron chi connectivity index (χ1n) is 5.67. The molecule has 0 saturated carbocycles. The lowest BCUT2D eigenvalue weighted by Gasteiger charge is -2.21. The Morgan fingerprint density at radius 1 is 1.47 bits per heavy atom. The lowest BCUT2D eigenvalue weighted by atomic mass is 10.3. The van der Waals surface area contributed by atoms with E-state index in [1.54, 1.807) is 6.92 Å². The van der Waals surface area contributed by atoms with E-state index in [4.69, 9.17) is 16.7 Å². The fourth-order valence-electron chi connectivity index (χ4n) is 1.44. The minimum absolute atomic E-state index is 0.0454. The largest absolute Gasteiger partial charge is 0.481 e. The smallest absolute Gasteiger partial charge is 0.321 e. The molecule has 0 unspecified atom stereocenters. The van der Waals surface area contributed by atoms with E-state index in [0.717, 1.165) is 0 Å². The molecule has 1 rings (SSSR count). The SMILES string of the molecule is CCN(CCC(=O)O)C(=O)Nc1c(F)cccc1Cl. The Morgan fingerprint density at radius 3 is 2.68 bits per heavy atom. The van der Waals surface area contributed by atoms with E-state index in [2.05, 4.69) is 5.32 Å². The third-order valence-corrected chi connectivity index (χ3v) is 2.77. The molecule has 0 aliphatic carbocycles. The molecule has 0 fully saturated rings. The normalized spacial score (nSPS) is 10.1. The summed E-state index contributed by atoms with van der Waals surface area (Å²) in [4.78, 5) is 23.6. The third-order valence-electron chi connectivity index (χ3n) is 2.46. The highest BCUT2D eigenvalue weighted by atomic mass is 35.5. The Kier molecular flexibility index (Phi) is 5.57. The average molecular weight is 289 g/mol. The molecule has 0 heterocycles. The van der Waals surface area contributed by atoms with Gasteiger partial charge in [-0.15, -0.1) is 0 Å². The number of hydrogen-bond acceptors (Lipinski definition) is 2. The van der Waals surface area contributed by atoms with Gasteiger partial charge in [-0.1, -0.05) is 17.7 Å². The first-order valence-corrected chi connectivity index (χ1v) is 6.05. The number of halogens is 2. The van der Waals surface area contributed by atoms with Gasteiger partial charge in [-0.25, -0.2) is 9.18 Å². The van der Waals surface area contributed by atoms with E-state index in [9.17, 15) is 14.0 Å². The second kappa shape index (κ2) is 6.94. The Labute approximate surface area is 115 Å². The van der Waals surface area contributed by atoms with Crippen LogP contribution in [0.3, 0.4) is 0 Å². The number of carboxylic acid groups (broad SMARTS) is 1. The molecule has 0 saturated heterocycles. The number of urea groups is 1. The molecule has 0 aliphatic heterocycles. The molecule has 7 heteroatoms. The summed E-state index contributed by atoms with van der Waals surface area (Å²) in [5.74, 6) is -1.65. The summed E-state index contributed by atoms with van der Waals surface area (Å²) in [5.41, 5.74) is -0.108. The van der Waals surface area contributed by atoms with Crippen LogP contribution < -0.4 is 5.32 Å². The summed E-state index contributed by atoms with van der Waals surface area (Å²) in [7, 11) is 0. The quantitative estimate of drug-likeness (QED) is 0.875. The Hall–Kier alpha value is -1.82. The summed E-state index contributed by atoms with van der Waals surface area (Å²) in [6.45, 7) is 2.05. The zero-order valence-corrected chi connectivity index (χ0v) is 11.1. The summed E-state index contributed by atoms with van der Waals surface area (Å²) < 4.78 is 13.5. The van der Waals surface area contributed by atoms with Crippen LogP contribution in [0.1, 0.15) is 13.3 Å². The van der Waals surface area contributed by atoms with Crippen molar-refractivity contribution in [2.75, 3.05) is 18.4 Å². The Balaban J connectivity index is 2.74. The highest BCUT2D eigenvalue weighted by molar-refractivity contribution is 6.33. The van der Waals surface area contributed by atoms with Crippen molar-refractivity contribution in [3.05, 3.63) is 29.0 Å². The van der Waals surface area contributed by atoms with Gasteiger partial charge in [-0.2, -0.15) is 0 Å². The Bertz CT molecular complexity index is 462. The van der Waals surface area contributed by atoms with Crippen LogP contribution in [0.2, 0.25) is 5.02 Å². The zero-order valence-electron chi connectivity index (χ0n) is 10.3. The van der Waals surface area contributed by atoms with Gasteiger partial charge >= 0.3 is 12.0 Å². The number of anilines is 1. The second-order valence-corrected chi connectivity index (χ2v) is 4.16. The molecule has 2 amide bonds. The number of aliphatic carboxylic acids is 1. The molecular weight excluding hydrogens is 275 g/mol. The van der Waals surface area contributed by atoms with Gasteiger partial charge in [-0.05, 0) is 19.1 Å². The van der Waals surface area contributed by atoms with Crippen molar-refractivity contribution in [3.8, 4) is 0 Å². The average Bonchev–Trinajstić information content (AvgIpc) is 2.34. The van der Waals surface area contributed by atoms with Gasteiger partial charge in [0.15, 0.2) is 0 Å². The number of amides is 2. The van der Waals surface area contributed by atoms with E-state index >= 15 is 0 Å². The number of carbonyl (C=O) groups excluding carboxylic acids is 1. The summed E-state index contributed by atoms with van der Waals surface area (Å²) in [6, 6.07) is 3.47. The van der Waals surface area contributed by atoms with Crippen LogP contribution in [0.25, 0.3) is 0 Å². The van der Waals surface area contributed by atoms with E-state index in [-0.39, 0.29) is 23.7 Å². The maximum absolute atomic E-state index is 13.5. The van der Waals surface area contributed by atoms with Crippen LogP contribution in [0.4, 0.5) is 14.9 Å². The van der Waals surface area contributed by atoms with Crippen molar-refractivity contribution in [2.45, 2.75) is 13.3 Å². The maximum Gasteiger partial charge on any atom is 0.321 e. The molecule has 0 bridgehead atoms. The molecular formula is C12H14ClFN2O3. The van der Waals surface area contributed by atoms with Gasteiger partial charge in [-0.3, -0.25) is 4.79 Å². The van der Waals surface area contributed by atoms with Gasteiger partial charge < -0.3 is 15.3 Å². The fraction of sp³-hybridized carbons (Fsp3) is 0.333. The van der Waals surface area contributed by atoms with Crippen molar-refractivity contribution in [1.29, 1.82) is 0 Å². The Morgan fingerprint density at radius 2 is 2.16 bits per heavy atom. The van der Waals surface area contributed by atoms with Crippen LogP contribution in [0.15, 0.2) is 18.2 Å². The first-order chi connectivity index (χ1) is 8.95. The number of carbonyl (C=O) groups is 2. The first kappa shape index (κ1) is 15.2. The zero-order chi connectivity index (χ0) is 14.4. The molecule has 19 heavy (non-hydrogen) atoms. The molecule has 0 radical (unpaired) electrons. The van der Waals surface area contributed by atoms with Crippen molar-refractivity contribution in [3.63, 3.8) is 0 Å². The highest BCUT2D eigenvalue weighted by Crippen LogP contribution is 2.24. The molecule has 104 valence electrons. The van der Waals surface area contributed by atoms with Gasteiger partial charge in [0, 0.05) is 13.1 Å². The number of nitrogens with one attached hydrogen (secondary N) is 1. The van der Waals surface area contributed by atoms with Crippen LogP contribution in [-0.4, -0.2) is 35.1 Å². The van der Waals surface area contributed by atoms with Crippen LogP contribution in [-0.2, 0) is 4.79 Å². The maximum atomic E-state index is 13.5. The summed E-state index contributed by atoms with van der Waals surface area (Å²) >= 11 is 5.78. The monoisotopic (exact) mass is 288 g/mol. The fourth-order valence-corrected chi connectivity index (χ4v) is 1.65. The molecule has 0 aromatic heterocycles. The predicted octanol–water partition coefficient (Wildman–Crippen LogP) is 2.81. The highest BCUT2D eigenvalue weighted by Gasteiger charge is 2.16. The van der Waals surface area contributed by atoms with Crippen LogP contribution in [0, 0.1) is 5.82 Å². The third kappa shape index (κ3) is 4.40. The lowest BCUT2D eigenvalue weighted by molar-refractivity contribution is -0.137. The number of carboxylic acids is 1. The van der Waals surface area contributed by atoms with Crippen molar-refractivity contribution in [1.82, 2.24) is 4.90 Å². The van der Waals surface area contributed by atoms with Gasteiger partial charge in [0.25, 0.3) is 0 Å². The lowest BCUT2D eigenvalue weighted by Crippen LogP contribution is -2.36. The molecule has 2 N–H and O–H groups in total. The van der Waals surface area contributed by atoms with E-state index in [1.165, 1.54) is 23.1 Å².